The maximum absolute atomic E-state index is 13.0. The zero-order valence-electron chi connectivity index (χ0n) is 24.6. The molecule has 0 aromatic heterocycles. The molecular weight excluding hydrogens is 552 g/mol. The van der Waals surface area contributed by atoms with Crippen molar-refractivity contribution in [1.29, 1.82) is 0 Å². The number of carbonyl (C=O) groups is 3. The van der Waals surface area contributed by atoms with Gasteiger partial charge >= 0.3 is 11.9 Å². The molecule has 0 heterocycles. The van der Waals surface area contributed by atoms with Gasteiger partial charge in [-0.1, -0.05) is 42.8 Å². The second-order valence-electron chi connectivity index (χ2n) is 11.9. The number of ether oxygens (including phenoxy) is 3. The van der Waals surface area contributed by atoms with Crippen LogP contribution in [0.4, 0.5) is 0 Å². The van der Waals surface area contributed by atoms with E-state index in [1.165, 1.54) is 14.0 Å². The lowest BCUT2D eigenvalue weighted by atomic mass is 9.47. The third-order valence-corrected chi connectivity index (χ3v) is 9.28. The summed E-state index contributed by atoms with van der Waals surface area (Å²) in [5.41, 5.74) is 6.84. The summed E-state index contributed by atoms with van der Waals surface area (Å²) in [4.78, 5) is 37.7. The van der Waals surface area contributed by atoms with E-state index in [1.807, 2.05) is 36.4 Å². The fourth-order valence-corrected chi connectivity index (χ4v) is 7.19. The van der Waals surface area contributed by atoms with Gasteiger partial charge in [-0.15, -0.1) is 0 Å². The number of rotatable bonds is 10. The number of phenols is 1. The molecule has 0 spiro atoms. The number of hydrogen-bond acceptors (Lipinski definition) is 9. The number of nitrogens with one attached hydrogen (secondary N) is 1. The number of benzene rings is 2. The lowest BCUT2D eigenvalue weighted by molar-refractivity contribution is -0.166. The van der Waals surface area contributed by atoms with E-state index in [4.69, 9.17) is 19.9 Å². The molecule has 2 bridgehead atoms. The summed E-state index contributed by atoms with van der Waals surface area (Å²) < 4.78 is 16.6. The van der Waals surface area contributed by atoms with Crippen LogP contribution in [0.5, 0.6) is 11.5 Å². The van der Waals surface area contributed by atoms with Crippen LogP contribution >= 0.6 is 0 Å². The first-order valence-electron chi connectivity index (χ1n) is 14.9. The Morgan fingerprint density at radius 2 is 1.93 bits per heavy atom. The van der Waals surface area contributed by atoms with Crippen molar-refractivity contribution in [2.24, 2.45) is 11.7 Å². The number of esters is 2. The highest BCUT2D eigenvalue weighted by Gasteiger charge is 2.63. The van der Waals surface area contributed by atoms with Crippen molar-refractivity contribution in [2.45, 2.75) is 81.5 Å². The predicted octanol–water partition coefficient (Wildman–Crippen LogP) is 2.95. The normalized spacial score (nSPS) is 25.2. The molecule has 5 N–H and O–H groups in total. The highest BCUT2D eigenvalue weighted by atomic mass is 16.6. The highest BCUT2D eigenvalue weighted by molar-refractivity contribution is 5.83. The molecule has 1 amide bonds. The van der Waals surface area contributed by atoms with Gasteiger partial charge in [0.05, 0.1) is 25.2 Å². The predicted molar refractivity (Wildman–Crippen MR) is 157 cm³/mol. The minimum atomic E-state index is -1.18. The number of phenolic OH excluding ortho intramolecular Hbond substituents is 1. The first-order chi connectivity index (χ1) is 20.6. The molecule has 5 rings (SSSR count). The SMILES string of the molecule is COc1c(O)ccc2c1[C@]13CCC[C@H](C2)[C@]1(O)CC=C(OC(=O)[C@H](C)OC(=O)CCNC(=O)[C@@H](N)Cc1ccccc1)C3. The molecule has 2 aromatic carbocycles. The maximum Gasteiger partial charge on any atom is 0.352 e. The third kappa shape index (κ3) is 5.86. The second kappa shape index (κ2) is 12.4. The topological polar surface area (TPSA) is 157 Å². The van der Waals surface area contributed by atoms with Gasteiger partial charge in [-0.05, 0) is 68.2 Å². The van der Waals surface area contributed by atoms with Crippen molar-refractivity contribution in [1.82, 2.24) is 5.32 Å². The van der Waals surface area contributed by atoms with Crippen LogP contribution in [0, 0.1) is 5.92 Å². The summed E-state index contributed by atoms with van der Waals surface area (Å²) in [6, 6.07) is 12.1. The molecule has 0 radical (unpaired) electrons. The Morgan fingerprint density at radius 3 is 2.67 bits per heavy atom. The molecule has 10 nitrogen and oxygen atoms in total. The Kier molecular flexibility index (Phi) is 8.80. The van der Waals surface area contributed by atoms with E-state index in [2.05, 4.69) is 5.32 Å². The summed E-state index contributed by atoms with van der Waals surface area (Å²) in [5.74, 6) is -1.01. The van der Waals surface area contributed by atoms with Gasteiger partial charge in [0.2, 0.25) is 5.91 Å². The van der Waals surface area contributed by atoms with Gasteiger partial charge in [0, 0.05) is 23.9 Å². The van der Waals surface area contributed by atoms with Crippen LogP contribution in [0.2, 0.25) is 0 Å². The largest absolute Gasteiger partial charge is 0.504 e. The lowest BCUT2D eigenvalue weighted by Gasteiger charge is -2.60. The van der Waals surface area contributed by atoms with Gasteiger partial charge in [-0.25, -0.2) is 4.79 Å². The zero-order valence-corrected chi connectivity index (χ0v) is 24.6. The monoisotopic (exact) mass is 592 g/mol. The van der Waals surface area contributed by atoms with E-state index >= 15 is 0 Å². The Balaban J connectivity index is 1.17. The zero-order chi connectivity index (χ0) is 30.8. The third-order valence-electron chi connectivity index (χ3n) is 9.28. The van der Waals surface area contributed by atoms with E-state index in [1.54, 1.807) is 12.1 Å². The number of nitrogens with two attached hydrogens (primary N) is 1. The molecule has 1 saturated carbocycles. The summed E-state index contributed by atoms with van der Waals surface area (Å²) in [6.45, 7) is 1.45. The average Bonchev–Trinajstić information content (AvgIpc) is 2.98. The van der Waals surface area contributed by atoms with Crippen LogP contribution < -0.4 is 15.8 Å². The smallest absolute Gasteiger partial charge is 0.352 e. The molecular formula is C33H40N2O8. The number of aromatic hydroxyl groups is 1. The Bertz CT molecular complexity index is 1410. The minimum Gasteiger partial charge on any atom is -0.504 e. The van der Waals surface area contributed by atoms with Gasteiger partial charge in [-0.2, -0.15) is 0 Å². The number of methoxy groups -OCH3 is 1. The lowest BCUT2D eigenvalue weighted by Crippen LogP contribution is -2.63. The van der Waals surface area contributed by atoms with E-state index < -0.39 is 35.1 Å². The molecule has 10 heteroatoms. The number of fused-ring (bicyclic) bond motifs is 1. The number of hydrogen-bond donors (Lipinski definition) is 4. The second-order valence-corrected chi connectivity index (χ2v) is 11.9. The molecule has 1 fully saturated rings. The molecule has 43 heavy (non-hydrogen) atoms. The van der Waals surface area contributed by atoms with Crippen LogP contribution in [0.1, 0.15) is 62.1 Å². The van der Waals surface area contributed by atoms with E-state index in [9.17, 15) is 24.6 Å². The molecule has 0 saturated heterocycles. The van der Waals surface area contributed by atoms with Gasteiger partial charge in [0.25, 0.3) is 0 Å². The van der Waals surface area contributed by atoms with Crippen molar-refractivity contribution >= 4 is 17.8 Å². The van der Waals surface area contributed by atoms with Crippen molar-refractivity contribution in [3.63, 3.8) is 0 Å². The van der Waals surface area contributed by atoms with Crippen molar-refractivity contribution < 1.29 is 38.8 Å². The fourth-order valence-electron chi connectivity index (χ4n) is 7.19. The maximum atomic E-state index is 13.0. The van der Waals surface area contributed by atoms with Crippen LogP contribution in [0.15, 0.2) is 54.3 Å². The van der Waals surface area contributed by atoms with Crippen molar-refractivity contribution in [3.8, 4) is 11.5 Å². The number of carbonyl (C=O) groups excluding carboxylic acids is 3. The summed E-state index contributed by atoms with van der Waals surface area (Å²) in [5, 5.41) is 25.3. The molecule has 230 valence electrons. The Morgan fingerprint density at radius 1 is 1.16 bits per heavy atom. The minimum absolute atomic E-state index is 0.00463. The van der Waals surface area contributed by atoms with Gasteiger partial charge in [0.1, 0.15) is 5.76 Å². The molecule has 5 atom stereocenters. The van der Waals surface area contributed by atoms with Gasteiger partial charge in [0.15, 0.2) is 17.6 Å². The van der Waals surface area contributed by atoms with E-state index in [0.717, 1.165) is 29.5 Å². The number of allylic oxidation sites excluding steroid dienone is 1. The van der Waals surface area contributed by atoms with Crippen LogP contribution in [0.3, 0.4) is 0 Å². The summed E-state index contributed by atoms with van der Waals surface area (Å²) in [7, 11) is 1.50. The highest BCUT2D eigenvalue weighted by Crippen LogP contribution is 2.63. The quantitative estimate of drug-likeness (QED) is 0.305. The van der Waals surface area contributed by atoms with Crippen LogP contribution in [-0.2, 0) is 42.1 Å². The van der Waals surface area contributed by atoms with Crippen molar-refractivity contribution in [2.75, 3.05) is 13.7 Å². The average molecular weight is 593 g/mol. The Hall–Kier alpha value is -3.89. The summed E-state index contributed by atoms with van der Waals surface area (Å²) >= 11 is 0. The first kappa shape index (κ1) is 30.6. The van der Waals surface area contributed by atoms with Crippen molar-refractivity contribution in [3.05, 3.63) is 71.0 Å². The summed E-state index contributed by atoms with van der Waals surface area (Å²) in [6.07, 6.45) is 4.43. The van der Waals surface area contributed by atoms with Crippen LogP contribution in [-0.4, -0.2) is 59.5 Å². The first-order valence-corrected chi connectivity index (χ1v) is 14.9. The standard InChI is InChI=1S/C33H40N2O8/c1-20(42-27(37)13-16-35-30(38)25(34)17-21-7-4-3-5-8-21)31(39)43-24-12-15-33(40)23-9-6-14-32(33,19-24)28-22(18-23)10-11-26(36)29(28)41-2/h3-5,7-8,10-12,20,23,25,36,40H,6,9,13-19,34H2,1-2H3,(H,35,38)/t20-,23+,25-,32+,33+/m0/s1. The molecule has 3 aliphatic rings. The molecule has 2 aromatic rings. The Labute approximate surface area is 251 Å². The van der Waals surface area contributed by atoms with Gasteiger partial charge in [-0.3, -0.25) is 9.59 Å². The van der Waals surface area contributed by atoms with Gasteiger partial charge < -0.3 is 35.5 Å². The number of aliphatic hydroxyl groups is 1. The number of amides is 1. The molecule has 0 aliphatic heterocycles. The van der Waals surface area contributed by atoms with Crippen LogP contribution in [0.25, 0.3) is 0 Å². The molecule has 0 unspecified atom stereocenters. The fraction of sp³-hybridized carbons (Fsp3) is 0.485. The van der Waals surface area contributed by atoms with E-state index in [-0.39, 0.29) is 37.0 Å². The van der Waals surface area contributed by atoms with E-state index in [0.29, 0.717) is 37.2 Å². The molecule has 3 aliphatic carbocycles.